The Bertz CT molecular complexity index is 152. The van der Waals surface area contributed by atoms with Gasteiger partial charge in [-0.2, -0.15) is 0 Å². The average Bonchev–Trinajstić information content (AvgIpc) is 1.88. The zero-order chi connectivity index (χ0) is 7.70. The monoisotopic (exact) mass is 121 g/mol. The lowest BCUT2D eigenvalue weighted by Gasteiger charge is -1.61. The van der Waals surface area contributed by atoms with Crippen molar-refractivity contribution in [2.24, 2.45) is 4.99 Å². The second-order valence-electron chi connectivity index (χ2n) is 0.987. The molecule has 0 rings (SSSR count). The molecule has 0 amide bonds. The first-order valence-electron chi connectivity index (χ1n) is 2.04. The summed E-state index contributed by atoms with van der Waals surface area (Å²) in [6.45, 7) is 12.3. The normalized spacial score (nSPS) is 4.78. The Morgan fingerprint density at radius 3 is 2.22 bits per heavy atom. The predicted octanol–water partition coefficient (Wildman–Crippen LogP) is 1.26. The summed E-state index contributed by atoms with van der Waals surface area (Å²) in [5.74, 6) is 0. The standard InChI is InChI=1S/C4H2N2.C2H5N/c1-4(3-5)6-2;1-3-2/h1H2;1H2,2H3. The summed E-state index contributed by atoms with van der Waals surface area (Å²) < 4.78 is 0. The van der Waals surface area contributed by atoms with Gasteiger partial charge in [0.2, 0.25) is 0 Å². The molecule has 0 aliphatic carbocycles. The lowest BCUT2D eigenvalue weighted by atomic mass is 10.6. The lowest BCUT2D eigenvalue weighted by molar-refractivity contribution is 1.49. The number of rotatable bonds is 0. The van der Waals surface area contributed by atoms with Crippen LogP contribution in [0.2, 0.25) is 0 Å². The van der Waals surface area contributed by atoms with Gasteiger partial charge in [0.1, 0.15) is 0 Å². The van der Waals surface area contributed by atoms with Crippen LogP contribution >= 0.6 is 0 Å². The summed E-state index contributed by atoms with van der Waals surface area (Å²) >= 11 is 0. The van der Waals surface area contributed by atoms with Crippen LogP contribution in [0.4, 0.5) is 0 Å². The molecule has 46 valence electrons. The van der Waals surface area contributed by atoms with Crippen molar-refractivity contribution in [3.8, 4) is 6.07 Å². The van der Waals surface area contributed by atoms with Gasteiger partial charge in [0, 0.05) is 7.05 Å². The van der Waals surface area contributed by atoms with Crippen molar-refractivity contribution in [2.75, 3.05) is 7.05 Å². The molecule has 0 aromatic heterocycles. The van der Waals surface area contributed by atoms with E-state index in [1.54, 1.807) is 13.1 Å². The van der Waals surface area contributed by atoms with Gasteiger partial charge in [0.25, 0.3) is 5.70 Å². The van der Waals surface area contributed by atoms with E-state index in [0.717, 1.165) is 0 Å². The Morgan fingerprint density at radius 2 is 2.22 bits per heavy atom. The minimum absolute atomic E-state index is 0.0602. The zero-order valence-corrected chi connectivity index (χ0v) is 5.26. The SMILES string of the molecule is C=NC.[C-]#[N+]C(=C)C#N. The van der Waals surface area contributed by atoms with E-state index in [1.165, 1.54) is 0 Å². The molecule has 0 aromatic carbocycles. The fraction of sp³-hybridized carbons (Fsp3) is 0.167. The first kappa shape index (κ1) is 10.4. The summed E-state index contributed by atoms with van der Waals surface area (Å²) in [7, 11) is 1.64. The van der Waals surface area contributed by atoms with Crippen LogP contribution in [0, 0.1) is 17.9 Å². The molecule has 0 saturated carbocycles. The first-order valence-corrected chi connectivity index (χ1v) is 2.04. The molecular weight excluding hydrogens is 114 g/mol. The van der Waals surface area contributed by atoms with E-state index in [2.05, 4.69) is 23.1 Å². The molecular formula is C6H7N3. The molecule has 3 nitrogen and oxygen atoms in total. The molecule has 0 spiro atoms. The maximum Gasteiger partial charge on any atom is 0.254 e. The molecule has 0 aliphatic rings. The molecule has 0 unspecified atom stereocenters. The average molecular weight is 121 g/mol. The van der Waals surface area contributed by atoms with Crippen molar-refractivity contribution in [1.29, 1.82) is 5.26 Å². The van der Waals surface area contributed by atoms with Gasteiger partial charge in [-0.3, -0.25) is 0 Å². The number of nitriles is 1. The molecule has 3 heteroatoms. The fourth-order valence-corrected chi connectivity index (χ4v) is 0.0250. The maximum absolute atomic E-state index is 7.77. The number of hydrogen-bond donors (Lipinski definition) is 0. The fourth-order valence-electron chi connectivity index (χ4n) is 0.0250. The van der Waals surface area contributed by atoms with Gasteiger partial charge in [0.15, 0.2) is 0 Å². The van der Waals surface area contributed by atoms with Gasteiger partial charge >= 0.3 is 0 Å². The van der Waals surface area contributed by atoms with Crippen LogP contribution in [0.25, 0.3) is 4.85 Å². The minimum atomic E-state index is -0.0602. The summed E-state index contributed by atoms with van der Waals surface area (Å²) in [5, 5.41) is 7.77. The van der Waals surface area contributed by atoms with Crippen molar-refractivity contribution < 1.29 is 0 Å². The Hall–Kier alpha value is -1.61. The third-order valence-corrected chi connectivity index (χ3v) is 0.264. The van der Waals surface area contributed by atoms with Gasteiger partial charge in [-0.15, -0.1) is 0 Å². The van der Waals surface area contributed by atoms with Crippen LogP contribution in [0.5, 0.6) is 0 Å². The highest BCUT2D eigenvalue weighted by Gasteiger charge is 1.76. The summed E-state index contributed by atoms with van der Waals surface area (Å²) in [4.78, 5) is 5.95. The second kappa shape index (κ2) is 9.63. The zero-order valence-electron chi connectivity index (χ0n) is 5.26. The molecule has 0 fully saturated rings. The number of nitrogens with zero attached hydrogens (tertiary/aromatic N) is 3. The van der Waals surface area contributed by atoms with E-state index in [-0.39, 0.29) is 5.70 Å². The molecule has 9 heavy (non-hydrogen) atoms. The van der Waals surface area contributed by atoms with Crippen molar-refractivity contribution in [1.82, 2.24) is 0 Å². The van der Waals surface area contributed by atoms with Crippen LogP contribution in [0.15, 0.2) is 17.3 Å². The topological polar surface area (TPSA) is 40.5 Å². The molecule has 0 atom stereocenters. The van der Waals surface area contributed by atoms with E-state index in [0.29, 0.717) is 0 Å². The summed E-state index contributed by atoms with van der Waals surface area (Å²) in [6.07, 6.45) is 0. The van der Waals surface area contributed by atoms with Crippen LogP contribution in [0.3, 0.4) is 0 Å². The highest BCUT2D eigenvalue weighted by atomic mass is 14.6. The highest BCUT2D eigenvalue weighted by molar-refractivity contribution is 5.22. The summed E-state index contributed by atoms with van der Waals surface area (Å²) in [5.41, 5.74) is -0.0602. The van der Waals surface area contributed by atoms with Crippen LogP contribution in [-0.2, 0) is 0 Å². The third-order valence-electron chi connectivity index (χ3n) is 0.264. The number of hydrogen-bond acceptors (Lipinski definition) is 2. The van der Waals surface area contributed by atoms with E-state index in [1.807, 2.05) is 0 Å². The van der Waals surface area contributed by atoms with Gasteiger partial charge in [-0.05, 0) is 6.72 Å². The van der Waals surface area contributed by atoms with Gasteiger partial charge in [-0.1, -0.05) is 6.58 Å². The van der Waals surface area contributed by atoms with Crippen molar-refractivity contribution in [3.63, 3.8) is 0 Å². The molecule has 0 radical (unpaired) electrons. The quantitative estimate of drug-likeness (QED) is 0.270. The maximum atomic E-state index is 7.77. The Morgan fingerprint density at radius 1 is 1.89 bits per heavy atom. The molecule has 0 N–H and O–H groups in total. The van der Waals surface area contributed by atoms with E-state index in [9.17, 15) is 0 Å². The first-order chi connectivity index (χ1) is 4.22. The highest BCUT2D eigenvalue weighted by Crippen LogP contribution is 1.82. The minimum Gasteiger partial charge on any atom is -0.304 e. The van der Waals surface area contributed by atoms with Crippen molar-refractivity contribution >= 4 is 6.72 Å². The molecule has 0 bridgehead atoms. The van der Waals surface area contributed by atoms with Crippen LogP contribution in [-0.4, -0.2) is 13.8 Å². The third kappa shape index (κ3) is 21.6. The molecule has 0 aromatic rings. The molecule has 0 heterocycles. The Kier molecular flexibility index (Phi) is 11.1. The smallest absolute Gasteiger partial charge is 0.254 e. The predicted molar refractivity (Wildman–Crippen MR) is 36.8 cm³/mol. The van der Waals surface area contributed by atoms with Crippen LogP contribution < -0.4 is 0 Å². The largest absolute Gasteiger partial charge is 0.304 e. The Balaban J connectivity index is 0. The molecule has 0 saturated heterocycles. The number of allylic oxidation sites excluding steroid dienone is 1. The van der Waals surface area contributed by atoms with E-state index in [4.69, 9.17) is 11.8 Å². The Labute approximate surface area is 54.8 Å². The van der Waals surface area contributed by atoms with Gasteiger partial charge in [-0.25, -0.2) is 10.1 Å². The van der Waals surface area contributed by atoms with E-state index < -0.39 is 0 Å². The van der Waals surface area contributed by atoms with E-state index >= 15 is 0 Å². The summed E-state index contributed by atoms with van der Waals surface area (Å²) in [6, 6.07) is 1.57. The molecule has 0 aliphatic heterocycles. The second-order valence-corrected chi connectivity index (χ2v) is 0.987. The van der Waals surface area contributed by atoms with Crippen molar-refractivity contribution in [3.05, 3.63) is 23.7 Å². The van der Waals surface area contributed by atoms with Crippen molar-refractivity contribution in [2.45, 2.75) is 0 Å². The van der Waals surface area contributed by atoms with Crippen LogP contribution in [0.1, 0.15) is 0 Å². The van der Waals surface area contributed by atoms with Gasteiger partial charge in [0.05, 0.1) is 12.6 Å². The van der Waals surface area contributed by atoms with Gasteiger partial charge < -0.3 is 4.99 Å². The number of aliphatic imine (C=N–C) groups is 1. The lowest BCUT2D eigenvalue weighted by Crippen LogP contribution is -1.53.